The van der Waals surface area contributed by atoms with E-state index in [1.807, 2.05) is 0 Å². The molecule has 0 bridgehead atoms. The van der Waals surface area contributed by atoms with Crippen LogP contribution in [-0.4, -0.2) is 43.6 Å². The molecule has 0 unspecified atom stereocenters. The van der Waals surface area contributed by atoms with Gasteiger partial charge in [-0.15, -0.1) is 0 Å². The number of sulfonamides is 1. The lowest BCUT2D eigenvalue weighted by atomic mass is 10.1. The first-order valence-electron chi connectivity index (χ1n) is 8.37. The summed E-state index contributed by atoms with van der Waals surface area (Å²) < 4.78 is 25.0. The fourth-order valence-corrected chi connectivity index (χ4v) is 3.39. The molecule has 9 heteroatoms. The minimum atomic E-state index is -3.38. The van der Waals surface area contributed by atoms with E-state index in [4.69, 9.17) is 0 Å². The Morgan fingerprint density at radius 2 is 1.81 bits per heavy atom. The summed E-state index contributed by atoms with van der Waals surface area (Å²) in [6.07, 6.45) is 5.91. The Morgan fingerprint density at radius 3 is 2.54 bits per heavy atom. The molecule has 1 fully saturated rings. The van der Waals surface area contributed by atoms with Gasteiger partial charge >= 0.3 is 0 Å². The zero-order chi connectivity index (χ0) is 18.6. The van der Waals surface area contributed by atoms with E-state index >= 15 is 0 Å². The number of nitrogens with one attached hydrogen (secondary N) is 2. The van der Waals surface area contributed by atoms with Crippen LogP contribution in [0.1, 0.15) is 29.8 Å². The molecule has 0 spiro atoms. The zero-order valence-electron chi connectivity index (χ0n) is 14.5. The van der Waals surface area contributed by atoms with Crippen molar-refractivity contribution in [1.29, 1.82) is 0 Å². The second-order valence-electron chi connectivity index (χ2n) is 6.22. The first-order valence-corrected chi connectivity index (χ1v) is 10.3. The van der Waals surface area contributed by atoms with Crippen molar-refractivity contribution in [2.45, 2.75) is 19.3 Å². The van der Waals surface area contributed by atoms with Crippen molar-refractivity contribution in [3.8, 4) is 0 Å². The SMILES string of the molecule is CS(=O)(=O)Nc1cccc(NC(=O)c2cc(N3CCCCC3)ncn2)c1. The number of hydrogen-bond acceptors (Lipinski definition) is 6. The van der Waals surface area contributed by atoms with Crippen molar-refractivity contribution in [2.75, 3.05) is 34.3 Å². The number of rotatable bonds is 5. The van der Waals surface area contributed by atoms with Gasteiger partial charge in [-0.05, 0) is 37.5 Å². The van der Waals surface area contributed by atoms with Gasteiger partial charge in [0.25, 0.3) is 5.91 Å². The van der Waals surface area contributed by atoms with Crippen molar-refractivity contribution in [2.24, 2.45) is 0 Å². The lowest BCUT2D eigenvalue weighted by Gasteiger charge is -2.27. The molecule has 2 aromatic rings. The predicted octanol–water partition coefficient (Wildman–Crippen LogP) is 2.09. The van der Waals surface area contributed by atoms with Gasteiger partial charge in [-0.25, -0.2) is 18.4 Å². The molecular formula is C17H21N5O3S. The molecule has 0 radical (unpaired) electrons. The molecule has 1 aromatic carbocycles. The Bertz CT molecular complexity index is 895. The predicted molar refractivity (Wildman–Crippen MR) is 101 cm³/mol. The van der Waals surface area contributed by atoms with Gasteiger partial charge in [-0.1, -0.05) is 6.07 Å². The molecule has 0 saturated carbocycles. The van der Waals surface area contributed by atoms with Gasteiger partial charge in [0.15, 0.2) is 0 Å². The third-order valence-corrected chi connectivity index (χ3v) is 4.60. The molecular weight excluding hydrogens is 354 g/mol. The number of benzene rings is 1. The third kappa shape index (κ3) is 4.92. The highest BCUT2D eigenvalue weighted by Gasteiger charge is 2.15. The molecule has 2 N–H and O–H groups in total. The summed E-state index contributed by atoms with van der Waals surface area (Å²) in [7, 11) is -3.38. The van der Waals surface area contributed by atoms with Crippen molar-refractivity contribution in [1.82, 2.24) is 9.97 Å². The quantitative estimate of drug-likeness (QED) is 0.829. The van der Waals surface area contributed by atoms with Crippen LogP contribution < -0.4 is 14.9 Å². The standard InChI is InChI=1S/C17H21N5O3S/c1-26(24,25)21-14-7-5-6-13(10-14)20-17(23)15-11-16(19-12-18-15)22-8-3-2-4-9-22/h5-7,10-12,21H,2-4,8-9H2,1H3,(H,20,23). The molecule has 1 amide bonds. The van der Waals surface area contributed by atoms with E-state index in [0.29, 0.717) is 11.4 Å². The molecule has 3 rings (SSSR count). The van der Waals surface area contributed by atoms with Crippen LogP contribution >= 0.6 is 0 Å². The van der Waals surface area contributed by atoms with E-state index < -0.39 is 10.0 Å². The molecule has 8 nitrogen and oxygen atoms in total. The highest BCUT2D eigenvalue weighted by atomic mass is 32.2. The lowest BCUT2D eigenvalue weighted by molar-refractivity contribution is 0.102. The van der Waals surface area contributed by atoms with E-state index in [1.54, 1.807) is 30.3 Å². The van der Waals surface area contributed by atoms with Gasteiger partial charge in [0, 0.05) is 24.8 Å². The van der Waals surface area contributed by atoms with Crippen LogP contribution in [0.3, 0.4) is 0 Å². The highest BCUT2D eigenvalue weighted by molar-refractivity contribution is 7.92. The van der Waals surface area contributed by atoms with Gasteiger partial charge in [-0.3, -0.25) is 9.52 Å². The van der Waals surface area contributed by atoms with Crippen LogP contribution in [0, 0.1) is 0 Å². The van der Waals surface area contributed by atoms with E-state index in [9.17, 15) is 13.2 Å². The van der Waals surface area contributed by atoms with Gasteiger partial charge in [0.2, 0.25) is 10.0 Å². The molecule has 1 aromatic heterocycles. The number of anilines is 3. The summed E-state index contributed by atoms with van der Waals surface area (Å²) in [5.41, 5.74) is 1.12. The molecule has 1 aliphatic rings. The average Bonchev–Trinajstić information content (AvgIpc) is 2.61. The van der Waals surface area contributed by atoms with Gasteiger partial charge in [0.05, 0.1) is 11.9 Å². The Balaban J connectivity index is 1.73. The van der Waals surface area contributed by atoms with Gasteiger partial charge in [0.1, 0.15) is 17.8 Å². The van der Waals surface area contributed by atoms with Crippen LogP contribution in [0.2, 0.25) is 0 Å². The maximum Gasteiger partial charge on any atom is 0.274 e. The number of hydrogen-bond donors (Lipinski definition) is 2. The van der Waals surface area contributed by atoms with Crippen molar-refractivity contribution in [3.05, 3.63) is 42.4 Å². The molecule has 1 saturated heterocycles. The van der Waals surface area contributed by atoms with E-state index in [-0.39, 0.29) is 11.6 Å². The first-order chi connectivity index (χ1) is 12.4. The summed E-state index contributed by atoms with van der Waals surface area (Å²) in [6.45, 7) is 1.86. The van der Waals surface area contributed by atoms with Crippen molar-refractivity contribution in [3.63, 3.8) is 0 Å². The van der Waals surface area contributed by atoms with E-state index in [2.05, 4.69) is 24.9 Å². The van der Waals surface area contributed by atoms with Crippen LogP contribution in [0.4, 0.5) is 17.2 Å². The summed E-state index contributed by atoms with van der Waals surface area (Å²) in [5.74, 6) is 0.375. The Kier molecular flexibility index (Phi) is 5.36. The van der Waals surface area contributed by atoms with Crippen LogP contribution in [-0.2, 0) is 10.0 Å². The van der Waals surface area contributed by atoms with Crippen LogP contribution in [0.25, 0.3) is 0 Å². The van der Waals surface area contributed by atoms with E-state index in [1.165, 1.54) is 12.7 Å². The lowest BCUT2D eigenvalue weighted by Crippen LogP contribution is -2.30. The summed E-state index contributed by atoms with van der Waals surface area (Å²) >= 11 is 0. The molecule has 0 aliphatic carbocycles. The number of piperidine rings is 1. The van der Waals surface area contributed by atoms with E-state index in [0.717, 1.165) is 38.0 Å². The number of nitrogens with zero attached hydrogens (tertiary/aromatic N) is 3. The van der Waals surface area contributed by atoms with Crippen LogP contribution in [0.5, 0.6) is 0 Å². The Labute approximate surface area is 152 Å². The molecule has 138 valence electrons. The molecule has 26 heavy (non-hydrogen) atoms. The highest BCUT2D eigenvalue weighted by Crippen LogP contribution is 2.19. The largest absolute Gasteiger partial charge is 0.357 e. The minimum absolute atomic E-state index is 0.266. The fraction of sp³-hybridized carbons (Fsp3) is 0.353. The number of aromatic nitrogens is 2. The summed E-state index contributed by atoms with van der Waals surface area (Å²) in [5, 5.41) is 2.73. The zero-order valence-corrected chi connectivity index (χ0v) is 15.3. The smallest absolute Gasteiger partial charge is 0.274 e. The maximum absolute atomic E-state index is 12.5. The second-order valence-corrected chi connectivity index (χ2v) is 7.97. The maximum atomic E-state index is 12.5. The second kappa shape index (κ2) is 7.69. The first kappa shape index (κ1) is 18.1. The Hall–Kier alpha value is -2.68. The molecule has 2 heterocycles. The summed E-state index contributed by atoms with van der Waals surface area (Å²) in [6, 6.07) is 8.17. The number of carbonyl (C=O) groups is 1. The normalized spacial score (nSPS) is 14.7. The summed E-state index contributed by atoms with van der Waals surface area (Å²) in [4.78, 5) is 23.0. The third-order valence-electron chi connectivity index (χ3n) is 3.99. The van der Waals surface area contributed by atoms with Gasteiger partial charge in [-0.2, -0.15) is 0 Å². The van der Waals surface area contributed by atoms with Crippen LogP contribution in [0.15, 0.2) is 36.7 Å². The number of carbonyl (C=O) groups excluding carboxylic acids is 1. The fourth-order valence-electron chi connectivity index (χ4n) is 2.84. The van der Waals surface area contributed by atoms with Crippen molar-refractivity contribution < 1.29 is 13.2 Å². The minimum Gasteiger partial charge on any atom is -0.357 e. The average molecular weight is 375 g/mol. The van der Waals surface area contributed by atoms with Crippen molar-refractivity contribution >= 4 is 33.1 Å². The monoisotopic (exact) mass is 375 g/mol. The molecule has 0 atom stereocenters. The van der Waals surface area contributed by atoms with Gasteiger partial charge < -0.3 is 10.2 Å². The Morgan fingerprint density at radius 1 is 1.08 bits per heavy atom. The topological polar surface area (TPSA) is 104 Å². The molecule has 1 aliphatic heterocycles. The number of amides is 1.